The zero-order valence-electron chi connectivity index (χ0n) is 14.2. The van der Waals surface area contributed by atoms with Gasteiger partial charge in [-0.15, -0.1) is 0 Å². The third-order valence-electron chi connectivity index (χ3n) is 5.75. The van der Waals surface area contributed by atoms with Crippen LogP contribution in [0, 0.1) is 11.8 Å². The van der Waals surface area contributed by atoms with E-state index in [1.807, 2.05) is 29.3 Å². The summed E-state index contributed by atoms with van der Waals surface area (Å²) in [6.45, 7) is 2.04. The zero-order chi connectivity index (χ0) is 16.4. The van der Waals surface area contributed by atoms with Gasteiger partial charge >= 0.3 is 6.03 Å². The Balaban J connectivity index is 1.49. The summed E-state index contributed by atoms with van der Waals surface area (Å²) in [6, 6.07) is 6.34. The Morgan fingerprint density at radius 1 is 1.25 bits per heavy atom. The molecule has 2 atom stereocenters. The van der Waals surface area contributed by atoms with Crippen molar-refractivity contribution in [1.82, 2.24) is 15.2 Å². The van der Waals surface area contributed by atoms with Crippen LogP contribution in [-0.4, -0.2) is 41.7 Å². The molecular formula is C19H27N3O2. The normalized spacial score (nSPS) is 26.3. The number of nitrogens with zero attached hydrogens (tertiary/aromatic N) is 2. The van der Waals surface area contributed by atoms with Crippen LogP contribution in [0.5, 0.6) is 0 Å². The molecule has 4 rings (SSSR count). The second-order valence-electron chi connectivity index (χ2n) is 7.40. The van der Waals surface area contributed by atoms with Gasteiger partial charge in [0.25, 0.3) is 0 Å². The van der Waals surface area contributed by atoms with E-state index < -0.39 is 0 Å². The molecular weight excluding hydrogens is 302 g/mol. The van der Waals surface area contributed by atoms with Gasteiger partial charge in [0.1, 0.15) is 0 Å². The maximum Gasteiger partial charge on any atom is 0.318 e. The van der Waals surface area contributed by atoms with Crippen molar-refractivity contribution in [2.24, 2.45) is 11.8 Å². The Morgan fingerprint density at radius 3 is 2.79 bits per heavy atom. The summed E-state index contributed by atoms with van der Waals surface area (Å²) in [7, 11) is 0. The van der Waals surface area contributed by atoms with E-state index >= 15 is 0 Å². The van der Waals surface area contributed by atoms with Crippen molar-refractivity contribution >= 4 is 6.03 Å². The summed E-state index contributed by atoms with van der Waals surface area (Å²) >= 11 is 0. The molecule has 2 heterocycles. The summed E-state index contributed by atoms with van der Waals surface area (Å²) in [5.74, 6) is 1.14. The van der Waals surface area contributed by atoms with Gasteiger partial charge in [-0.1, -0.05) is 18.9 Å². The first-order chi connectivity index (χ1) is 11.8. The number of urea groups is 1. The maximum atomic E-state index is 13.0. The summed E-state index contributed by atoms with van der Waals surface area (Å²) in [6.07, 6.45) is 9.14. The van der Waals surface area contributed by atoms with E-state index in [2.05, 4.69) is 10.3 Å². The highest BCUT2D eigenvalue weighted by Crippen LogP contribution is 2.38. The van der Waals surface area contributed by atoms with Crippen LogP contribution in [0.15, 0.2) is 24.4 Å². The molecule has 3 fully saturated rings. The van der Waals surface area contributed by atoms with Crippen LogP contribution in [0.2, 0.25) is 0 Å². The van der Waals surface area contributed by atoms with E-state index in [0.717, 1.165) is 5.69 Å². The van der Waals surface area contributed by atoms with Crippen molar-refractivity contribution in [3.05, 3.63) is 30.1 Å². The molecule has 1 N–H and O–H groups in total. The van der Waals surface area contributed by atoms with Gasteiger partial charge in [-0.25, -0.2) is 4.79 Å². The number of nitrogens with one attached hydrogen (secondary N) is 1. The van der Waals surface area contributed by atoms with E-state index in [4.69, 9.17) is 4.74 Å². The number of rotatable bonds is 4. The van der Waals surface area contributed by atoms with Gasteiger partial charge in [0, 0.05) is 12.7 Å². The van der Waals surface area contributed by atoms with E-state index in [-0.39, 0.29) is 18.1 Å². The number of hydrogen-bond donors (Lipinski definition) is 1. The topological polar surface area (TPSA) is 54.5 Å². The third-order valence-corrected chi connectivity index (χ3v) is 5.75. The number of morpholine rings is 1. The van der Waals surface area contributed by atoms with Gasteiger partial charge in [0.05, 0.1) is 31.0 Å². The van der Waals surface area contributed by atoms with Gasteiger partial charge in [0.15, 0.2) is 0 Å². The molecule has 2 saturated carbocycles. The predicted molar refractivity (Wildman–Crippen MR) is 91.5 cm³/mol. The second-order valence-corrected chi connectivity index (χ2v) is 7.40. The average molecular weight is 329 g/mol. The van der Waals surface area contributed by atoms with Crippen LogP contribution < -0.4 is 5.32 Å². The Bertz CT molecular complexity index is 555. The van der Waals surface area contributed by atoms with E-state index in [9.17, 15) is 4.79 Å². The first-order valence-corrected chi connectivity index (χ1v) is 9.39. The van der Waals surface area contributed by atoms with E-state index in [1.54, 1.807) is 0 Å². The number of carbonyl (C=O) groups excluding carboxylic acids is 1. The fraction of sp³-hybridized carbons (Fsp3) is 0.684. The molecule has 0 bridgehead atoms. The summed E-state index contributed by atoms with van der Waals surface area (Å²) in [4.78, 5) is 19.6. The lowest BCUT2D eigenvalue weighted by Crippen LogP contribution is -2.54. The van der Waals surface area contributed by atoms with Crippen molar-refractivity contribution in [2.45, 2.75) is 50.6 Å². The van der Waals surface area contributed by atoms with Crippen molar-refractivity contribution in [3.63, 3.8) is 0 Å². The number of ether oxygens (including phenoxy) is 1. The molecule has 1 aromatic heterocycles. The Hall–Kier alpha value is -1.62. The highest BCUT2D eigenvalue weighted by molar-refractivity contribution is 5.75. The van der Waals surface area contributed by atoms with Gasteiger partial charge < -0.3 is 15.0 Å². The quantitative estimate of drug-likeness (QED) is 0.923. The van der Waals surface area contributed by atoms with Crippen LogP contribution in [0.4, 0.5) is 4.79 Å². The van der Waals surface area contributed by atoms with Crippen molar-refractivity contribution in [3.8, 4) is 0 Å². The van der Waals surface area contributed by atoms with Crippen molar-refractivity contribution in [1.29, 1.82) is 0 Å². The highest BCUT2D eigenvalue weighted by atomic mass is 16.5. The number of amides is 2. The number of aromatic nitrogens is 1. The fourth-order valence-electron chi connectivity index (χ4n) is 4.25. The minimum Gasteiger partial charge on any atom is -0.377 e. The summed E-state index contributed by atoms with van der Waals surface area (Å²) in [5.41, 5.74) is 0.994. The molecule has 0 spiro atoms. The number of pyridine rings is 1. The monoisotopic (exact) mass is 329 g/mol. The SMILES string of the molecule is O=C(N[C@@H](c1ccccn1)C1CCCC1)N1CCOC[C@@H]1C1CC1. The Morgan fingerprint density at radius 2 is 2.08 bits per heavy atom. The summed E-state index contributed by atoms with van der Waals surface area (Å²) < 4.78 is 5.62. The molecule has 130 valence electrons. The first kappa shape index (κ1) is 15.9. The lowest BCUT2D eigenvalue weighted by molar-refractivity contribution is 0.00365. The molecule has 0 unspecified atom stereocenters. The van der Waals surface area contributed by atoms with Crippen LogP contribution in [-0.2, 0) is 4.74 Å². The van der Waals surface area contributed by atoms with Crippen LogP contribution in [0.25, 0.3) is 0 Å². The fourth-order valence-corrected chi connectivity index (χ4v) is 4.25. The molecule has 3 aliphatic rings. The third kappa shape index (κ3) is 3.41. The molecule has 1 saturated heterocycles. The molecule has 0 aromatic carbocycles. The van der Waals surface area contributed by atoms with E-state index in [1.165, 1.54) is 38.5 Å². The smallest absolute Gasteiger partial charge is 0.318 e. The van der Waals surface area contributed by atoms with Gasteiger partial charge in [0.2, 0.25) is 0 Å². The molecule has 0 radical (unpaired) electrons. The average Bonchev–Trinajstić information content (AvgIpc) is 3.35. The van der Waals surface area contributed by atoms with Crippen LogP contribution in [0.1, 0.15) is 50.3 Å². The Kier molecular flexibility index (Phi) is 4.69. The largest absolute Gasteiger partial charge is 0.377 e. The lowest BCUT2D eigenvalue weighted by Gasteiger charge is -2.37. The number of carbonyl (C=O) groups is 1. The molecule has 2 aliphatic carbocycles. The molecule has 5 heteroatoms. The maximum absolute atomic E-state index is 13.0. The minimum absolute atomic E-state index is 0.0314. The second kappa shape index (κ2) is 7.09. The lowest BCUT2D eigenvalue weighted by atomic mass is 9.95. The van der Waals surface area contributed by atoms with Gasteiger partial charge in [-0.3, -0.25) is 4.98 Å². The minimum atomic E-state index is 0.0314. The van der Waals surface area contributed by atoms with Crippen LogP contribution in [0.3, 0.4) is 0 Å². The molecule has 1 aliphatic heterocycles. The first-order valence-electron chi connectivity index (χ1n) is 9.39. The molecule has 5 nitrogen and oxygen atoms in total. The predicted octanol–water partition coefficient (Wildman–Crippen LogP) is 3.13. The van der Waals surface area contributed by atoms with Gasteiger partial charge in [-0.2, -0.15) is 0 Å². The number of hydrogen-bond acceptors (Lipinski definition) is 3. The summed E-state index contributed by atoms with van der Waals surface area (Å²) in [5, 5.41) is 3.33. The zero-order valence-corrected chi connectivity index (χ0v) is 14.2. The highest BCUT2D eigenvalue weighted by Gasteiger charge is 2.40. The molecule has 2 amide bonds. The van der Waals surface area contributed by atoms with E-state index in [0.29, 0.717) is 31.6 Å². The van der Waals surface area contributed by atoms with Crippen molar-refractivity contribution in [2.75, 3.05) is 19.8 Å². The Labute approximate surface area is 143 Å². The molecule has 1 aromatic rings. The standard InChI is InChI=1S/C19H27N3O2/c23-19(22-11-12-24-13-17(22)14-8-9-14)21-18(15-5-1-2-6-15)16-7-3-4-10-20-16/h3-4,7,10,14-15,17-18H,1-2,5-6,8-9,11-13H2,(H,21,23)/t17-,18-/m1/s1. The van der Waals surface area contributed by atoms with Crippen molar-refractivity contribution < 1.29 is 9.53 Å². The molecule has 24 heavy (non-hydrogen) atoms. The van der Waals surface area contributed by atoms with Crippen LogP contribution >= 0.6 is 0 Å². The van der Waals surface area contributed by atoms with Gasteiger partial charge in [-0.05, 0) is 49.7 Å².